The van der Waals surface area contributed by atoms with Gasteiger partial charge < -0.3 is 18.9 Å². The quantitative estimate of drug-likeness (QED) is 0.150. The average Bonchev–Trinajstić information content (AvgIpc) is 2.97. The van der Waals surface area contributed by atoms with Gasteiger partial charge in [0.1, 0.15) is 13.2 Å². The van der Waals surface area contributed by atoms with Crippen LogP contribution in [0.15, 0.2) is 90.0 Å². The second-order valence-corrected chi connectivity index (χ2v) is 9.28. The van der Waals surface area contributed by atoms with Crippen molar-refractivity contribution in [2.45, 2.75) is 27.1 Å². The number of nitrogens with zero attached hydrogens (tertiary/aromatic N) is 1. The van der Waals surface area contributed by atoms with Crippen molar-refractivity contribution in [1.82, 2.24) is 5.43 Å². The van der Waals surface area contributed by atoms with E-state index in [0.29, 0.717) is 52.4 Å². The van der Waals surface area contributed by atoms with Gasteiger partial charge in [-0.1, -0.05) is 65.7 Å². The average molecular weight is 559 g/mol. The van der Waals surface area contributed by atoms with E-state index in [4.69, 9.17) is 30.5 Å². The number of halogens is 1. The molecule has 0 aliphatic heterocycles. The molecule has 1 N–H and O–H groups in total. The predicted molar refractivity (Wildman–Crippen MR) is 157 cm³/mol. The number of benzene rings is 4. The summed E-state index contributed by atoms with van der Waals surface area (Å²) in [5.41, 5.74) is 6.70. The summed E-state index contributed by atoms with van der Waals surface area (Å²) in [6.07, 6.45) is 1.50. The maximum atomic E-state index is 12.3. The molecule has 7 nitrogen and oxygen atoms in total. The van der Waals surface area contributed by atoms with Gasteiger partial charge in [-0.05, 0) is 66.9 Å². The van der Waals surface area contributed by atoms with Crippen LogP contribution in [0.5, 0.6) is 23.0 Å². The molecule has 206 valence electrons. The molecule has 8 heteroatoms. The van der Waals surface area contributed by atoms with Gasteiger partial charge in [0, 0.05) is 5.56 Å². The normalized spacial score (nSPS) is 10.8. The van der Waals surface area contributed by atoms with E-state index in [0.717, 1.165) is 16.7 Å². The molecule has 1 amide bonds. The van der Waals surface area contributed by atoms with Crippen LogP contribution in [0.4, 0.5) is 0 Å². The Kier molecular flexibility index (Phi) is 10.0. The van der Waals surface area contributed by atoms with E-state index in [9.17, 15) is 4.79 Å². The van der Waals surface area contributed by atoms with Gasteiger partial charge in [-0.15, -0.1) is 0 Å². The van der Waals surface area contributed by atoms with Crippen molar-refractivity contribution < 1.29 is 23.7 Å². The van der Waals surface area contributed by atoms with Gasteiger partial charge in [0.15, 0.2) is 23.0 Å². The summed E-state index contributed by atoms with van der Waals surface area (Å²) in [7, 11) is 1.60. The molecule has 0 atom stereocenters. The van der Waals surface area contributed by atoms with Gasteiger partial charge in [-0.25, -0.2) is 5.43 Å². The SMILES string of the molecule is CCOc1cc(/C=N/NC(=O)c2ccc(C)cc2)cc(Cl)c1OCc1ccc(OCc2ccccc2)c(OC)c1. The topological polar surface area (TPSA) is 78.4 Å². The van der Waals surface area contributed by atoms with Crippen molar-refractivity contribution in [1.29, 1.82) is 0 Å². The molecule has 4 aromatic rings. The largest absolute Gasteiger partial charge is 0.493 e. The lowest BCUT2D eigenvalue weighted by molar-refractivity contribution is 0.0955. The van der Waals surface area contributed by atoms with Crippen molar-refractivity contribution in [3.8, 4) is 23.0 Å². The summed E-state index contributed by atoms with van der Waals surface area (Å²) < 4.78 is 23.3. The van der Waals surface area contributed by atoms with Crippen LogP contribution in [0, 0.1) is 6.92 Å². The number of ether oxygens (including phenoxy) is 4. The molecule has 0 unspecified atom stereocenters. The molecule has 0 bridgehead atoms. The van der Waals surface area contributed by atoms with Gasteiger partial charge >= 0.3 is 0 Å². The molecule has 0 heterocycles. The smallest absolute Gasteiger partial charge is 0.271 e. The number of rotatable bonds is 12. The van der Waals surface area contributed by atoms with E-state index in [-0.39, 0.29) is 12.5 Å². The molecular weight excluding hydrogens is 528 g/mol. The van der Waals surface area contributed by atoms with Gasteiger partial charge in [-0.3, -0.25) is 4.79 Å². The lowest BCUT2D eigenvalue weighted by Gasteiger charge is -2.16. The standard InChI is InChI=1S/C32H31ClN2O5/c1-4-38-30-18-25(19-34-35-32(36)26-13-10-22(2)11-14-26)16-27(33)31(30)40-21-24-12-15-28(29(17-24)37-3)39-20-23-8-6-5-7-9-23/h5-19H,4,20-21H2,1-3H3,(H,35,36)/b34-19+. The number of carbonyl (C=O) groups excluding carboxylic acids is 1. The number of hydrogen-bond donors (Lipinski definition) is 1. The minimum atomic E-state index is -0.306. The Balaban J connectivity index is 1.42. The van der Waals surface area contributed by atoms with Crippen molar-refractivity contribution in [3.63, 3.8) is 0 Å². The zero-order valence-electron chi connectivity index (χ0n) is 22.6. The fraction of sp³-hybridized carbons (Fsp3) is 0.188. The third kappa shape index (κ3) is 7.77. The monoisotopic (exact) mass is 558 g/mol. The van der Waals surface area contributed by atoms with Crippen LogP contribution in [0.2, 0.25) is 5.02 Å². The Morgan fingerprint density at radius 3 is 2.33 bits per heavy atom. The molecule has 0 radical (unpaired) electrons. The summed E-state index contributed by atoms with van der Waals surface area (Å²) >= 11 is 6.57. The van der Waals surface area contributed by atoms with Crippen molar-refractivity contribution in [2.75, 3.05) is 13.7 Å². The number of methoxy groups -OCH3 is 1. The summed E-state index contributed by atoms with van der Waals surface area (Å²) in [4.78, 5) is 12.3. The Bertz CT molecular complexity index is 1460. The van der Waals surface area contributed by atoms with Gasteiger partial charge in [0.2, 0.25) is 0 Å². The maximum Gasteiger partial charge on any atom is 0.271 e. The number of hydrogen-bond acceptors (Lipinski definition) is 6. The van der Waals surface area contributed by atoms with Crippen LogP contribution in [0.3, 0.4) is 0 Å². The molecule has 0 spiro atoms. The van der Waals surface area contributed by atoms with Crippen molar-refractivity contribution in [2.24, 2.45) is 5.10 Å². The molecule has 0 saturated heterocycles. The second kappa shape index (κ2) is 14.1. The molecule has 0 saturated carbocycles. The van der Waals surface area contributed by atoms with Crippen LogP contribution in [0.1, 0.15) is 39.5 Å². The van der Waals surface area contributed by atoms with E-state index < -0.39 is 0 Å². The summed E-state index contributed by atoms with van der Waals surface area (Å²) in [6, 6.07) is 26.3. The van der Waals surface area contributed by atoms with Crippen LogP contribution in [0.25, 0.3) is 0 Å². The predicted octanol–water partition coefficient (Wildman–Crippen LogP) is 6.98. The number of aryl methyl sites for hydroxylation is 1. The molecule has 0 aliphatic rings. The van der Waals surface area contributed by atoms with Gasteiger partial charge in [-0.2, -0.15) is 5.10 Å². The zero-order chi connectivity index (χ0) is 28.3. The second-order valence-electron chi connectivity index (χ2n) is 8.88. The maximum absolute atomic E-state index is 12.3. The van der Waals surface area contributed by atoms with Crippen LogP contribution < -0.4 is 24.4 Å². The Morgan fingerprint density at radius 1 is 0.850 bits per heavy atom. The number of hydrazone groups is 1. The van der Waals surface area contributed by atoms with Crippen molar-refractivity contribution >= 4 is 23.7 Å². The van der Waals surface area contributed by atoms with Gasteiger partial charge in [0.25, 0.3) is 5.91 Å². The summed E-state index contributed by atoms with van der Waals surface area (Å²) in [6.45, 7) is 4.92. The highest BCUT2D eigenvalue weighted by Crippen LogP contribution is 2.37. The Morgan fingerprint density at radius 2 is 1.60 bits per heavy atom. The van der Waals surface area contributed by atoms with Crippen LogP contribution in [-0.2, 0) is 13.2 Å². The lowest BCUT2D eigenvalue weighted by Crippen LogP contribution is -2.17. The third-order valence-corrected chi connectivity index (χ3v) is 6.15. The molecule has 40 heavy (non-hydrogen) atoms. The molecule has 4 rings (SSSR count). The van der Waals surface area contributed by atoms with Crippen LogP contribution >= 0.6 is 11.6 Å². The fourth-order valence-electron chi connectivity index (χ4n) is 3.81. The molecule has 0 aliphatic carbocycles. The van der Waals surface area contributed by atoms with Gasteiger partial charge in [0.05, 0.1) is 25.0 Å². The zero-order valence-corrected chi connectivity index (χ0v) is 23.4. The highest BCUT2D eigenvalue weighted by Gasteiger charge is 2.14. The highest BCUT2D eigenvalue weighted by atomic mass is 35.5. The Labute approximate surface area is 239 Å². The van der Waals surface area contributed by atoms with Crippen LogP contribution in [-0.4, -0.2) is 25.8 Å². The Hall–Kier alpha value is -4.49. The minimum absolute atomic E-state index is 0.231. The van der Waals surface area contributed by atoms with E-state index in [2.05, 4.69) is 10.5 Å². The highest BCUT2D eigenvalue weighted by molar-refractivity contribution is 6.32. The summed E-state index contributed by atoms with van der Waals surface area (Å²) in [5, 5.41) is 4.42. The van der Waals surface area contributed by atoms with E-state index in [1.54, 1.807) is 31.4 Å². The van der Waals surface area contributed by atoms with E-state index >= 15 is 0 Å². The molecular formula is C32H31ClN2O5. The lowest BCUT2D eigenvalue weighted by atomic mass is 10.1. The molecule has 0 aromatic heterocycles. The van der Waals surface area contributed by atoms with E-state index in [1.807, 2.05) is 74.5 Å². The number of carbonyl (C=O) groups is 1. The van der Waals surface area contributed by atoms with E-state index in [1.165, 1.54) is 6.21 Å². The fourth-order valence-corrected chi connectivity index (χ4v) is 4.09. The minimum Gasteiger partial charge on any atom is -0.493 e. The van der Waals surface area contributed by atoms with Crippen molar-refractivity contribution in [3.05, 3.63) is 118 Å². The first kappa shape index (κ1) is 28.5. The molecule has 0 fully saturated rings. The first-order valence-electron chi connectivity index (χ1n) is 12.8. The summed E-state index contributed by atoms with van der Waals surface area (Å²) in [5.74, 6) is 1.82. The molecule has 4 aromatic carbocycles. The number of nitrogens with one attached hydrogen (secondary N) is 1. The first-order chi connectivity index (χ1) is 19.5. The number of amides is 1. The first-order valence-corrected chi connectivity index (χ1v) is 13.2. The third-order valence-electron chi connectivity index (χ3n) is 5.87.